The number of nitrogens with one attached hydrogen (secondary N) is 1. The number of aromatic hydroxyl groups is 1. The van der Waals surface area contributed by atoms with Crippen LogP contribution in [0.3, 0.4) is 0 Å². The van der Waals surface area contributed by atoms with Crippen molar-refractivity contribution in [2.45, 2.75) is 0 Å². The molecule has 0 bridgehead atoms. The van der Waals surface area contributed by atoms with Crippen LogP contribution in [0.4, 0.5) is 0 Å². The van der Waals surface area contributed by atoms with Gasteiger partial charge in [-0.1, -0.05) is 12.1 Å². The molecule has 1 fully saturated rings. The van der Waals surface area contributed by atoms with Crippen molar-refractivity contribution >= 4 is 27.6 Å². The maximum Gasteiger partial charge on any atom is 0.344 e. The summed E-state index contributed by atoms with van der Waals surface area (Å²) in [6.45, 7) is 5.42. The van der Waals surface area contributed by atoms with E-state index in [2.05, 4.69) is 22.2 Å². The van der Waals surface area contributed by atoms with Gasteiger partial charge in [0.15, 0.2) is 0 Å². The first-order chi connectivity index (χ1) is 13.5. The molecule has 1 aliphatic heterocycles. The number of rotatable bonds is 4. The van der Waals surface area contributed by atoms with Gasteiger partial charge in [-0.05, 0) is 31.3 Å². The fourth-order valence-corrected chi connectivity index (χ4v) is 3.60. The molecule has 28 heavy (non-hydrogen) atoms. The molecule has 2 aromatic carbocycles. The molecule has 1 saturated heterocycles. The summed E-state index contributed by atoms with van der Waals surface area (Å²) >= 11 is 0. The van der Waals surface area contributed by atoms with Crippen molar-refractivity contribution in [3.8, 4) is 5.75 Å². The van der Waals surface area contributed by atoms with Crippen LogP contribution in [0.1, 0.15) is 10.4 Å². The minimum Gasteiger partial charge on any atom is -0.507 e. The van der Waals surface area contributed by atoms with E-state index in [1.165, 1.54) is 6.07 Å². The average Bonchev–Trinajstić information content (AvgIpc) is 2.69. The molecule has 4 rings (SSSR count). The highest BCUT2D eigenvalue weighted by atomic mass is 16.4. The van der Waals surface area contributed by atoms with Crippen molar-refractivity contribution in [2.24, 2.45) is 0 Å². The highest BCUT2D eigenvalue weighted by molar-refractivity contribution is 6.09. The van der Waals surface area contributed by atoms with Crippen LogP contribution in [-0.2, 0) is 0 Å². The van der Waals surface area contributed by atoms with Gasteiger partial charge in [0, 0.05) is 50.2 Å². The van der Waals surface area contributed by atoms with E-state index < -0.39 is 5.63 Å². The summed E-state index contributed by atoms with van der Waals surface area (Å²) in [6.07, 6.45) is 0. The van der Waals surface area contributed by atoms with E-state index in [0.717, 1.165) is 32.7 Å². The van der Waals surface area contributed by atoms with Crippen molar-refractivity contribution in [1.29, 1.82) is 0 Å². The minimum atomic E-state index is -0.528. The van der Waals surface area contributed by atoms with Crippen molar-refractivity contribution in [3.63, 3.8) is 0 Å². The number of carbonyl (C=O) groups excluding carboxylic acids is 1. The normalized spacial score (nSPS) is 15.9. The van der Waals surface area contributed by atoms with Crippen molar-refractivity contribution in [2.75, 3.05) is 46.3 Å². The zero-order valence-electron chi connectivity index (χ0n) is 15.8. The zero-order chi connectivity index (χ0) is 19.7. The Morgan fingerprint density at radius 1 is 1.14 bits per heavy atom. The number of likely N-dealkylation sites (N-methyl/N-ethyl adjacent to an activating group) is 1. The quantitative estimate of drug-likeness (QED) is 0.528. The number of nitrogens with zero attached hydrogens (tertiary/aromatic N) is 2. The number of phenols is 1. The predicted molar refractivity (Wildman–Crippen MR) is 108 cm³/mol. The molecule has 2 heterocycles. The molecule has 1 aliphatic rings. The lowest BCUT2D eigenvalue weighted by Crippen LogP contribution is -2.46. The minimum absolute atomic E-state index is 0.0376. The topological polar surface area (TPSA) is 86.0 Å². The summed E-state index contributed by atoms with van der Waals surface area (Å²) in [5, 5.41) is 14.4. The summed E-state index contributed by atoms with van der Waals surface area (Å²) in [7, 11) is 2.11. The van der Waals surface area contributed by atoms with Crippen LogP contribution in [0.5, 0.6) is 5.75 Å². The Morgan fingerprint density at radius 3 is 2.71 bits per heavy atom. The smallest absolute Gasteiger partial charge is 0.344 e. The summed E-state index contributed by atoms with van der Waals surface area (Å²) in [5.74, 6) is -0.191. The van der Waals surface area contributed by atoms with Gasteiger partial charge in [-0.15, -0.1) is 0 Å². The maximum atomic E-state index is 12.5. The van der Waals surface area contributed by atoms with Crippen LogP contribution >= 0.6 is 0 Å². The molecule has 146 valence electrons. The van der Waals surface area contributed by atoms with Gasteiger partial charge in [-0.3, -0.25) is 9.69 Å². The monoisotopic (exact) mass is 381 g/mol. The highest BCUT2D eigenvalue weighted by Gasteiger charge is 2.15. The molecular weight excluding hydrogens is 358 g/mol. The van der Waals surface area contributed by atoms with Crippen LogP contribution in [-0.4, -0.2) is 67.1 Å². The van der Waals surface area contributed by atoms with Gasteiger partial charge in [0.25, 0.3) is 5.91 Å². The van der Waals surface area contributed by atoms with Crippen LogP contribution in [0.25, 0.3) is 21.7 Å². The number of carbonyl (C=O) groups is 1. The summed E-state index contributed by atoms with van der Waals surface area (Å²) in [5.41, 5.74) is 0.190. The summed E-state index contributed by atoms with van der Waals surface area (Å²) in [4.78, 5) is 29.5. The summed E-state index contributed by atoms with van der Waals surface area (Å²) in [6, 6.07) is 9.67. The third kappa shape index (κ3) is 3.58. The van der Waals surface area contributed by atoms with E-state index >= 15 is 0 Å². The summed E-state index contributed by atoms with van der Waals surface area (Å²) < 4.78 is 5.30. The lowest BCUT2D eigenvalue weighted by Gasteiger charge is -2.32. The van der Waals surface area contributed by atoms with Gasteiger partial charge in [0.05, 0.1) is 10.8 Å². The fraction of sp³-hybridized carbons (Fsp3) is 0.333. The number of hydrogen-bond donors (Lipinski definition) is 2. The number of piperazine rings is 1. The van der Waals surface area contributed by atoms with Crippen molar-refractivity contribution in [1.82, 2.24) is 15.1 Å². The largest absolute Gasteiger partial charge is 0.507 e. The first-order valence-electron chi connectivity index (χ1n) is 9.40. The molecule has 0 aliphatic carbocycles. The molecule has 0 spiro atoms. The van der Waals surface area contributed by atoms with Crippen molar-refractivity contribution < 1.29 is 14.3 Å². The van der Waals surface area contributed by atoms with Gasteiger partial charge < -0.3 is 19.7 Å². The number of benzene rings is 2. The van der Waals surface area contributed by atoms with Crippen LogP contribution in [0.15, 0.2) is 45.6 Å². The molecule has 0 saturated carbocycles. The lowest BCUT2D eigenvalue weighted by molar-refractivity contribution is 0.0941. The first-order valence-corrected chi connectivity index (χ1v) is 9.40. The standard InChI is InChI=1S/C21H23N3O4/c1-23-9-11-24(12-10-23)8-7-22-20(26)14-5-6-15-16(13-14)21(27)28-18-4-2-3-17(25)19(15)18/h2-6,13,25H,7-12H2,1H3,(H,22,26). The Balaban J connectivity index is 1.52. The zero-order valence-corrected chi connectivity index (χ0v) is 15.8. The second-order valence-electron chi connectivity index (χ2n) is 7.20. The van der Waals surface area contributed by atoms with E-state index in [-0.39, 0.29) is 17.0 Å². The van der Waals surface area contributed by atoms with Crippen LogP contribution < -0.4 is 10.9 Å². The van der Waals surface area contributed by atoms with Gasteiger partial charge in [0.2, 0.25) is 0 Å². The van der Waals surface area contributed by atoms with Gasteiger partial charge in [-0.2, -0.15) is 0 Å². The molecule has 0 radical (unpaired) electrons. The first kappa shape index (κ1) is 18.5. The van der Waals surface area contributed by atoms with Gasteiger partial charge >= 0.3 is 5.63 Å². The lowest BCUT2D eigenvalue weighted by atomic mass is 10.0. The number of fused-ring (bicyclic) bond motifs is 3. The van der Waals surface area contributed by atoms with Crippen LogP contribution in [0.2, 0.25) is 0 Å². The number of phenolic OH excluding ortho intramolecular Hbond substituents is 1. The molecule has 7 nitrogen and oxygen atoms in total. The molecule has 3 aromatic rings. The Bertz CT molecular complexity index is 1080. The van der Waals surface area contributed by atoms with Gasteiger partial charge in [0.1, 0.15) is 11.3 Å². The predicted octanol–water partition coefficient (Wildman–Crippen LogP) is 1.63. The molecule has 0 unspecified atom stereocenters. The molecule has 1 aromatic heterocycles. The Hall–Kier alpha value is -2.90. The molecule has 2 N–H and O–H groups in total. The number of hydrogen-bond acceptors (Lipinski definition) is 6. The average molecular weight is 381 g/mol. The fourth-order valence-electron chi connectivity index (χ4n) is 3.60. The Morgan fingerprint density at radius 2 is 1.93 bits per heavy atom. The van der Waals surface area contributed by atoms with E-state index in [9.17, 15) is 14.7 Å². The Labute approximate surface area is 162 Å². The van der Waals surface area contributed by atoms with E-state index in [0.29, 0.717) is 28.5 Å². The molecule has 7 heteroatoms. The third-order valence-electron chi connectivity index (χ3n) is 5.29. The maximum absolute atomic E-state index is 12.5. The Kier molecular flexibility index (Phi) is 5.02. The van der Waals surface area contributed by atoms with E-state index in [4.69, 9.17) is 4.42 Å². The highest BCUT2D eigenvalue weighted by Crippen LogP contribution is 2.30. The second kappa shape index (κ2) is 7.61. The number of amides is 1. The third-order valence-corrected chi connectivity index (χ3v) is 5.29. The van der Waals surface area contributed by atoms with E-state index in [1.807, 2.05) is 0 Å². The van der Waals surface area contributed by atoms with Crippen molar-refractivity contribution in [3.05, 3.63) is 52.4 Å². The second-order valence-corrected chi connectivity index (χ2v) is 7.20. The van der Waals surface area contributed by atoms with Crippen LogP contribution in [0, 0.1) is 0 Å². The van der Waals surface area contributed by atoms with E-state index in [1.54, 1.807) is 30.3 Å². The SMILES string of the molecule is CN1CCN(CCNC(=O)c2ccc3c(c2)c(=O)oc2cccc(O)c23)CC1. The molecule has 0 atom stereocenters. The molecular formula is C21H23N3O4. The van der Waals surface area contributed by atoms with Gasteiger partial charge in [-0.25, -0.2) is 4.79 Å². The molecule has 1 amide bonds.